The third-order valence-electron chi connectivity index (χ3n) is 2.16. The molecule has 0 spiro atoms. The van der Waals surface area contributed by atoms with Crippen molar-refractivity contribution in [1.29, 1.82) is 0 Å². The van der Waals surface area contributed by atoms with Gasteiger partial charge in [0.1, 0.15) is 11.9 Å². The first-order valence-electron chi connectivity index (χ1n) is 5.26. The SMILES string of the molecule is O=C(O)C[C@H](NC(=O)Nc1ccc(Br)c(F)c1)C(=O)O. The summed E-state index contributed by atoms with van der Waals surface area (Å²) in [6.07, 6.45) is -0.766. The molecule has 0 aromatic heterocycles. The van der Waals surface area contributed by atoms with Crippen LogP contribution in [0.25, 0.3) is 0 Å². The second-order valence-electron chi connectivity index (χ2n) is 3.72. The number of rotatable bonds is 5. The van der Waals surface area contributed by atoms with E-state index >= 15 is 0 Å². The molecule has 4 N–H and O–H groups in total. The van der Waals surface area contributed by atoms with Crippen LogP contribution in [-0.2, 0) is 9.59 Å². The van der Waals surface area contributed by atoms with Crippen molar-refractivity contribution >= 4 is 39.6 Å². The second kappa shape index (κ2) is 6.85. The molecule has 0 unspecified atom stereocenters. The molecule has 1 aromatic carbocycles. The van der Waals surface area contributed by atoms with Gasteiger partial charge in [0.25, 0.3) is 0 Å². The lowest BCUT2D eigenvalue weighted by Gasteiger charge is -2.13. The quantitative estimate of drug-likeness (QED) is 0.645. The van der Waals surface area contributed by atoms with E-state index in [1.807, 2.05) is 5.32 Å². The highest BCUT2D eigenvalue weighted by Gasteiger charge is 2.23. The first-order chi connectivity index (χ1) is 9.29. The third kappa shape index (κ3) is 4.84. The number of amides is 2. The van der Waals surface area contributed by atoms with Crippen LogP contribution in [-0.4, -0.2) is 34.2 Å². The highest BCUT2D eigenvalue weighted by molar-refractivity contribution is 9.10. The van der Waals surface area contributed by atoms with Gasteiger partial charge in [-0.1, -0.05) is 0 Å². The zero-order valence-electron chi connectivity index (χ0n) is 9.89. The molecule has 0 aliphatic rings. The normalized spacial score (nSPS) is 11.5. The zero-order valence-corrected chi connectivity index (χ0v) is 11.5. The fourth-order valence-corrected chi connectivity index (χ4v) is 1.52. The molecule has 0 aliphatic heterocycles. The van der Waals surface area contributed by atoms with E-state index in [9.17, 15) is 18.8 Å². The summed E-state index contributed by atoms with van der Waals surface area (Å²) in [6, 6.07) is 1.25. The van der Waals surface area contributed by atoms with E-state index in [0.29, 0.717) is 0 Å². The number of carboxylic acid groups (broad SMARTS) is 2. The predicted molar refractivity (Wildman–Crippen MR) is 69.9 cm³/mol. The maximum Gasteiger partial charge on any atom is 0.326 e. The minimum Gasteiger partial charge on any atom is -0.481 e. The number of halogens is 2. The van der Waals surface area contributed by atoms with Gasteiger partial charge in [0.15, 0.2) is 0 Å². The number of benzene rings is 1. The fraction of sp³-hybridized carbons (Fsp3) is 0.182. The molecule has 0 saturated carbocycles. The van der Waals surface area contributed by atoms with Crippen molar-refractivity contribution in [1.82, 2.24) is 5.32 Å². The van der Waals surface area contributed by atoms with E-state index in [4.69, 9.17) is 10.2 Å². The number of carbonyl (C=O) groups excluding carboxylic acids is 1. The molecule has 20 heavy (non-hydrogen) atoms. The molecule has 1 rings (SSSR count). The Labute approximate surface area is 120 Å². The Kier molecular flexibility index (Phi) is 5.44. The minimum atomic E-state index is -1.58. The van der Waals surface area contributed by atoms with Crippen molar-refractivity contribution < 1.29 is 29.0 Å². The summed E-state index contributed by atoms with van der Waals surface area (Å²) in [4.78, 5) is 32.7. The Morgan fingerprint density at radius 2 is 1.95 bits per heavy atom. The summed E-state index contributed by atoms with van der Waals surface area (Å²) >= 11 is 2.94. The molecule has 0 heterocycles. The number of anilines is 1. The van der Waals surface area contributed by atoms with Crippen molar-refractivity contribution in [2.45, 2.75) is 12.5 Å². The summed E-state index contributed by atoms with van der Waals surface area (Å²) in [5.41, 5.74) is 0.0997. The zero-order chi connectivity index (χ0) is 15.3. The summed E-state index contributed by atoms with van der Waals surface area (Å²) in [7, 11) is 0. The lowest BCUT2D eigenvalue weighted by Crippen LogP contribution is -2.44. The predicted octanol–water partition coefficient (Wildman–Crippen LogP) is 1.64. The lowest BCUT2D eigenvalue weighted by molar-refractivity contribution is -0.145. The average molecular weight is 349 g/mol. The van der Waals surface area contributed by atoms with Crippen LogP contribution in [0, 0.1) is 5.82 Å². The number of hydrogen-bond donors (Lipinski definition) is 4. The second-order valence-corrected chi connectivity index (χ2v) is 4.57. The van der Waals surface area contributed by atoms with E-state index < -0.39 is 36.2 Å². The number of urea groups is 1. The van der Waals surface area contributed by atoms with Gasteiger partial charge in [-0.15, -0.1) is 0 Å². The molecular weight excluding hydrogens is 339 g/mol. The van der Waals surface area contributed by atoms with Crippen molar-refractivity contribution in [3.8, 4) is 0 Å². The lowest BCUT2D eigenvalue weighted by atomic mass is 10.2. The number of carboxylic acids is 2. The summed E-state index contributed by atoms with van der Waals surface area (Å²) in [6.45, 7) is 0. The van der Waals surface area contributed by atoms with Crippen LogP contribution in [0.1, 0.15) is 6.42 Å². The monoisotopic (exact) mass is 348 g/mol. The highest BCUT2D eigenvalue weighted by atomic mass is 79.9. The van der Waals surface area contributed by atoms with E-state index in [2.05, 4.69) is 21.2 Å². The molecule has 0 saturated heterocycles. The van der Waals surface area contributed by atoms with Crippen LogP contribution < -0.4 is 10.6 Å². The van der Waals surface area contributed by atoms with Crippen molar-refractivity contribution in [2.24, 2.45) is 0 Å². The Morgan fingerprint density at radius 1 is 1.30 bits per heavy atom. The Balaban J connectivity index is 2.67. The fourth-order valence-electron chi connectivity index (χ4n) is 1.27. The van der Waals surface area contributed by atoms with E-state index in [-0.39, 0.29) is 10.2 Å². The number of nitrogens with one attached hydrogen (secondary N) is 2. The maximum absolute atomic E-state index is 13.2. The molecule has 9 heteroatoms. The van der Waals surface area contributed by atoms with Crippen LogP contribution in [0.2, 0.25) is 0 Å². The van der Waals surface area contributed by atoms with Gasteiger partial charge in [0.2, 0.25) is 0 Å². The van der Waals surface area contributed by atoms with Gasteiger partial charge in [0, 0.05) is 5.69 Å². The van der Waals surface area contributed by atoms with Gasteiger partial charge in [-0.25, -0.2) is 14.0 Å². The molecule has 1 aromatic rings. The number of aliphatic carboxylic acids is 2. The highest BCUT2D eigenvalue weighted by Crippen LogP contribution is 2.19. The molecule has 0 radical (unpaired) electrons. The van der Waals surface area contributed by atoms with Crippen molar-refractivity contribution in [3.05, 3.63) is 28.5 Å². The number of hydrogen-bond acceptors (Lipinski definition) is 3. The average Bonchev–Trinajstić information content (AvgIpc) is 2.32. The summed E-state index contributed by atoms with van der Waals surface area (Å²) in [5, 5.41) is 21.4. The first-order valence-corrected chi connectivity index (χ1v) is 6.06. The van der Waals surface area contributed by atoms with Gasteiger partial charge in [0.05, 0.1) is 10.9 Å². The van der Waals surface area contributed by atoms with Crippen LogP contribution in [0.4, 0.5) is 14.9 Å². The van der Waals surface area contributed by atoms with Crippen molar-refractivity contribution in [3.63, 3.8) is 0 Å². The summed E-state index contributed by atoms with van der Waals surface area (Å²) < 4.78 is 13.4. The van der Waals surface area contributed by atoms with Crippen molar-refractivity contribution in [2.75, 3.05) is 5.32 Å². The van der Waals surface area contributed by atoms with Gasteiger partial charge in [-0.05, 0) is 34.1 Å². The molecular formula is C11H10BrFN2O5. The molecule has 0 aliphatic carbocycles. The van der Waals surface area contributed by atoms with Crippen LogP contribution in [0.5, 0.6) is 0 Å². The smallest absolute Gasteiger partial charge is 0.326 e. The van der Waals surface area contributed by atoms with E-state index in [1.165, 1.54) is 12.1 Å². The maximum atomic E-state index is 13.2. The minimum absolute atomic E-state index is 0.0997. The van der Waals surface area contributed by atoms with Gasteiger partial charge in [-0.3, -0.25) is 4.79 Å². The van der Waals surface area contributed by atoms with Crippen LogP contribution >= 0.6 is 15.9 Å². The molecule has 0 fully saturated rings. The Hall–Kier alpha value is -2.16. The van der Waals surface area contributed by atoms with Gasteiger partial charge < -0.3 is 20.8 Å². The van der Waals surface area contributed by atoms with Crippen LogP contribution in [0.3, 0.4) is 0 Å². The molecule has 0 bridgehead atoms. The topological polar surface area (TPSA) is 116 Å². The molecule has 7 nitrogen and oxygen atoms in total. The first kappa shape index (κ1) is 15.9. The summed E-state index contributed by atoms with van der Waals surface area (Å²) in [5.74, 6) is -3.46. The molecule has 2 amide bonds. The molecule has 1 atom stereocenters. The Bertz CT molecular complexity index is 552. The third-order valence-corrected chi connectivity index (χ3v) is 2.80. The number of carbonyl (C=O) groups is 3. The standard InChI is InChI=1S/C11H10BrFN2O5/c12-6-2-1-5(3-7(6)13)14-11(20)15-8(10(18)19)4-9(16)17/h1-3,8H,4H2,(H,16,17)(H,18,19)(H2,14,15,20)/t8-/m0/s1. The van der Waals surface area contributed by atoms with E-state index in [0.717, 1.165) is 6.07 Å². The largest absolute Gasteiger partial charge is 0.481 e. The van der Waals surface area contributed by atoms with E-state index in [1.54, 1.807) is 0 Å². The Morgan fingerprint density at radius 3 is 2.45 bits per heavy atom. The van der Waals surface area contributed by atoms with Crippen LogP contribution in [0.15, 0.2) is 22.7 Å². The van der Waals surface area contributed by atoms with Gasteiger partial charge >= 0.3 is 18.0 Å². The van der Waals surface area contributed by atoms with Gasteiger partial charge in [-0.2, -0.15) is 0 Å². The molecule has 108 valence electrons.